The van der Waals surface area contributed by atoms with Gasteiger partial charge in [-0.25, -0.2) is 0 Å². The number of methoxy groups -OCH3 is 1. The zero-order valence-corrected chi connectivity index (χ0v) is 12.3. The normalized spacial score (nSPS) is 24.6. The molecule has 0 amide bonds. The smallest absolute Gasteiger partial charge is 0.0986 e. The molecule has 1 aromatic carbocycles. The van der Waals surface area contributed by atoms with Crippen molar-refractivity contribution in [3.8, 4) is 0 Å². The Morgan fingerprint density at radius 2 is 2.38 bits per heavy atom. The molecule has 0 spiro atoms. The molecule has 86 valence electrons. The monoisotopic (exact) mass is 347 g/mol. The molecule has 16 heavy (non-hydrogen) atoms. The molecule has 1 heterocycles. The van der Waals surface area contributed by atoms with Crippen molar-refractivity contribution in [1.82, 2.24) is 0 Å². The maximum absolute atomic E-state index is 5.21. The van der Waals surface area contributed by atoms with Gasteiger partial charge in [0.25, 0.3) is 0 Å². The SMILES string of the molecule is COCC1(C)CSC(c2cccc(I)c2)=N1. The lowest BCUT2D eigenvalue weighted by atomic mass is 10.1. The van der Waals surface area contributed by atoms with E-state index in [1.54, 1.807) is 7.11 Å². The first kappa shape index (κ1) is 12.4. The van der Waals surface area contributed by atoms with Crippen molar-refractivity contribution in [2.75, 3.05) is 19.5 Å². The van der Waals surface area contributed by atoms with Crippen molar-refractivity contribution in [1.29, 1.82) is 0 Å². The van der Waals surface area contributed by atoms with E-state index in [0.29, 0.717) is 6.61 Å². The number of nitrogens with zero attached hydrogens (tertiary/aromatic N) is 1. The summed E-state index contributed by atoms with van der Waals surface area (Å²) in [4.78, 5) is 4.77. The Morgan fingerprint density at radius 1 is 1.56 bits per heavy atom. The summed E-state index contributed by atoms with van der Waals surface area (Å²) >= 11 is 4.15. The highest BCUT2D eigenvalue weighted by atomic mass is 127. The Morgan fingerprint density at radius 3 is 3.06 bits per heavy atom. The van der Waals surface area contributed by atoms with Crippen LogP contribution in [0.15, 0.2) is 29.3 Å². The number of thioether (sulfide) groups is 1. The van der Waals surface area contributed by atoms with E-state index in [1.807, 2.05) is 11.8 Å². The third-order valence-electron chi connectivity index (χ3n) is 2.42. The van der Waals surface area contributed by atoms with Gasteiger partial charge in [0.15, 0.2) is 0 Å². The van der Waals surface area contributed by atoms with Crippen molar-refractivity contribution >= 4 is 39.4 Å². The van der Waals surface area contributed by atoms with Gasteiger partial charge in [0.1, 0.15) is 0 Å². The molecule has 0 fully saturated rings. The summed E-state index contributed by atoms with van der Waals surface area (Å²) < 4.78 is 6.46. The first-order valence-corrected chi connectivity index (χ1v) is 7.17. The molecule has 4 heteroatoms. The molecule has 0 bridgehead atoms. The van der Waals surface area contributed by atoms with Crippen molar-refractivity contribution in [3.63, 3.8) is 0 Å². The molecule has 0 saturated heterocycles. The van der Waals surface area contributed by atoms with E-state index < -0.39 is 0 Å². The van der Waals surface area contributed by atoms with Crippen LogP contribution in [-0.4, -0.2) is 30.1 Å². The molecule has 1 atom stereocenters. The average molecular weight is 347 g/mol. The average Bonchev–Trinajstić information content (AvgIpc) is 2.61. The highest BCUT2D eigenvalue weighted by Gasteiger charge is 2.31. The molecule has 2 rings (SSSR count). The standard InChI is InChI=1S/C12H14INOS/c1-12(7-15-2)8-16-11(14-12)9-4-3-5-10(13)6-9/h3-6H,7-8H2,1-2H3. The predicted molar refractivity (Wildman–Crippen MR) is 78.4 cm³/mol. The highest BCUT2D eigenvalue weighted by molar-refractivity contribution is 14.1. The van der Waals surface area contributed by atoms with Gasteiger partial charge < -0.3 is 4.74 Å². The van der Waals surface area contributed by atoms with Crippen LogP contribution in [0.3, 0.4) is 0 Å². The summed E-state index contributed by atoms with van der Waals surface area (Å²) in [7, 11) is 1.73. The highest BCUT2D eigenvalue weighted by Crippen LogP contribution is 2.31. The summed E-state index contributed by atoms with van der Waals surface area (Å²) in [5.41, 5.74) is 1.16. The first-order valence-electron chi connectivity index (χ1n) is 5.10. The molecule has 1 aromatic rings. The fourth-order valence-corrected chi connectivity index (χ4v) is 3.41. The lowest BCUT2D eigenvalue weighted by Gasteiger charge is -2.17. The Kier molecular flexibility index (Phi) is 3.92. The van der Waals surface area contributed by atoms with Gasteiger partial charge in [0, 0.05) is 22.0 Å². The first-order chi connectivity index (χ1) is 7.63. The predicted octanol–water partition coefficient (Wildman–Crippen LogP) is 3.19. The van der Waals surface area contributed by atoms with Crippen LogP contribution >= 0.6 is 34.4 Å². The second kappa shape index (κ2) is 5.06. The summed E-state index contributed by atoms with van der Waals surface area (Å²) in [6.45, 7) is 2.83. The summed E-state index contributed by atoms with van der Waals surface area (Å²) in [5, 5.41) is 1.14. The molecule has 0 N–H and O–H groups in total. The van der Waals surface area contributed by atoms with Gasteiger partial charge in [-0.3, -0.25) is 4.99 Å². The molecule has 0 saturated carbocycles. The van der Waals surface area contributed by atoms with Gasteiger partial charge in [-0.2, -0.15) is 0 Å². The van der Waals surface area contributed by atoms with Crippen LogP contribution < -0.4 is 0 Å². The fourth-order valence-electron chi connectivity index (χ4n) is 1.69. The number of halogens is 1. The fraction of sp³-hybridized carbons (Fsp3) is 0.417. The van der Waals surface area contributed by atoms with Gasteiger partial charge in [-0.15, -0.1) is 11.8 Å². The third-order valence-corrected chi connectivity index (χ3v) is 4.46. The number of aliphatic imine (C=N–C) groups is 1. The van der Waals surface area contributed by atoms with E-state index in [4.69, 9.17) is 9.73 Å². The lowest BCUT2D eigenvalue weighted by Crippen LogP contribution is -2.28. The van der Waals surface area contributed by atoms with Crippen molar-refractivity contribution < 1.29 is 4.74 Å². The zero-order valence-electron chi connectivity index (χ0n) is 9.37. The molecule has 1 aliphatic heterocycles. The Bertz CT molecular complexity index is 421. The van der Waals surface area contributed by atoms with Gasteiger partial charge in [-0.1, -0.05) is 12.1 Å². The van der Waals surface area contributed by atoms with Crippen LogP contribution in [0.5, 0.6) is 0 Å². The molecule has 2 nitrogen and oxygen atoms in total. The van der Waals surface area contributed by atoms with Crippen LogP contribution in [0.4, 0.5) is 0 Å². The molecular weight excluding hydrogens is 333 g/mol. The lowest BCUT2D eigenvalue weighted by molar-refractivity contribution is 0.153. The van der Waals surface area contributed by atoms with Gasteiger partial charge in [-0.05, 0) is 41.6 Å². The van der Waals surface area contributed by atoms with Crippen molar-refractivity contribution in [2.24, 2.45) is 4.99 Å². The quantitative estimate of drug-likeness (QED) is 0.784. The van der Waals surface area contributed by atoms with Crippen LogP contribution in [-0.2, 0) is 4.74 Å². The number of ether oxygens (including phenoxy) is 1. The van der Waals surface area contributed by atoms with E-state index in [0.717, 1.165) is 10.8 Å². The molecular formula is C12H14INOS. The largest absolute Gasteiger partial charge is 0.382 e. The molecule has 0 aliphatic carbocycles. The minimum absolute atomic E-state index is 0.0595. The van der Waals surface area contributed by atoms with Crippen LogP contribution in [0.1, 0.15) is 12.5 Å². The number of hydrogen-bond acceptors (Lipinski definition) is 3. The van der Waals surface area contributed by atoms with E-state index >= 15 is 0 Å². The molecule has 0 radical (unpaired) electrons. The van der Waals surface area contributed by atoms with Crippen molar-refractivity contribution in [3.05, 3.63) is 33.4 Å². The Balaban J connectivity index is 2.24. The number of rotatable bonds is 3. The van der Waals surface area contributed by atoms with E-state index in [9.17, 15) is 0 Å². The van der Waals surface area contributed by atoms with Gasteiger partial charge in [0.2, 0.25) is 0 Å². The Labute approximate surface area is 114 Å². The van der Waals surface area contributed by atoms with Crippen molar-refractivity contribution in [2.45, 2.75) is 12.5 Å². The van der Waals surface area contributed by atoms with Crippen LogP contribution in [0.25, 0.3) is 0 Å². The molecule has 1 aliphatic rings. The minimum Gasteiger partial charge on any atom is -0.382 e. The third kappa shape index (κ3) is 2.78. The molecule has 0 aromatic heterocycles. The maximum Gasteiger partial charge on any atom is 0.0986 e. The second-order valence-electron chi connectivity index (χ2n) is 4.15. The number of hydrogen-bond donors (Lipinski definition) is 0. The van der Waals surface area contributed by atoms with E-state index in [2.05, 4.69) is 53.8 Å². The summed E-state index contributed by atoms with van der Waals surface area (Å²) in [6, 6.07) is 8.46. The van der Waals surface area contributed by atoms with Crippen LogP contribution in [0.2, 0.25) is 0 Å². The summed E-state index contributed by atoms with van der Waals surface area (Å²) in [5.74, 6) is 1.00. The van der Waals surface area contributed by atoms with Crippen LogP contribution in [0, 0.1) is 3.57 Å². The van der Waals surface area contributed by atoms with Gasteiger partial charge in [0.05, 0.1) is 17.2 Å². The zero-order chi connectivity index (χ0) is 11.6. The Hall–Kier alpha value is -0.0700. The maximum atomic E-state index is 5.21. The van der Waals surface area contributed by atoms with Gasteiger partial charge >= 0.3 is 0 Å². The van der Waals surface area contributed by atoms with E-state index in [1.165, 1.54) is 9.13 Å². The van der Waals surface area contributed by atoms with E-state index in [-0.39, 0.29) is 5.54 Å². The summed E-state index contributed by atoms with van der Waals surface area (Å²) in [6.07, 6.45) is 0. The topological polar surface area (TPSA) is 21.6 Å². The minimum atomic E-state index is -0.0595. The number of benzene rings is 1. The second-order valence-corrected chi connectivity index (χ2v) is 6.36. The molecule has 1 unspecified atom stereocenters.